The SMILES string of the molecule is CCOCC1=c2ccccc2=C[C@H]2[C@@H]1CC[C@@]13CC[C@@H]4[C@](C)([C@H](O)CO)[C@@H](O)CC[C@]42[C@H]1C(=O)C=C1[C@H]2C[C@@]4(C)CCC#C[C@H](O)[C@]2([C@@H](O)C[C@]13C)C1(CCCC1)C4. The minimum absolute atomic E-state index is 0.0173. The smallest absolute Gasteiger partial charge is 0.159 e. The molecular formula is C51H68O7. The number of aliphatic hydroxyl groups is 5. The van der Waals surface area contributed by atoms with Gasteiger partial charge < -0.3 is 30.3 Å². The van der Waals surface area contributed by atoms with Gasteiger partial charge in [0.2, 0.25) is 0 Å². The molecule has 5 N–H and O–H groups in total. The molecule has 10 aliphatic rings. The molecule has 6 saturated carbocycles. The van der Waals surface area contributed by atoms with E-state index in [2.05, 4.69) is 62.1 Å². The van der Waals surface area contributed by atoms with E-state index in [-0.39, 0.29) is 40.3 Å². The molecule has 0 amide bonds. The second kappa shape index (κ2) is 13.3. The summed E-state index contributed by atoms with van der Waals surface area (Å²) in [7, 11) is 0. The molecule has 0 saturated heterocycles. The van der Waals surface area contributed by atoms with Crippen molar-refractivity contribution < 1.29 is 35.1 Å². The number of carbonyl (C=O) groups excluding carboxylic acids is 1. The maximum atomic E-state index is 16.1. The van der Waals surface area contributed by atoms with Crippen LogP contribution >= 0.6 is 0 Å². The van der Waals surface area contributed by atoms with Crippen LogP contribution in [-0.4, -0.2) is 75.6 Å². The van der Waals surface area contributed by atoms with Crippen molar-refractivity contribution in [2.24, 2.45) is 67.5 Å². The number of allylic oxidation sites excluding steroid dienone is 2. The lowest BCUT2D eigenvalue weighted by Crippen LogP contribution is -2.74. The average Bonchev–Trinajstić information content (AvgIpc) is 3.67. The molecule has 7 nitrogen and oxygen atoms in total. The van der Waals surface area contributed by atoms with Gasteiger partial charge in [0.15, 0.2) is 5.78 Å². The molecule has 0 aromatic heterocycles. The van der Waals surface area contributed by atoms with Crippen LogP contribution in [0.15, 0.2) is 35.9 Å². The third-order valence-electron chi connectivity index (χ3n) is 20.3. The van der Waals surface area contributed by atoms with Gasteiger partial charge in [-0.3, -0.25) is 4.79 Å². The van der Waals surface area contributed by atoms with Crippen LogP contribution in [0, 0.1) is 79.3 Å². The normalized spacial score (nSPS) is 48.7. The van der Waals surface area contributed by atoms with Gasteiger partial charge in [0.05, 0.1) is 31.5 Å². The molecule has 58 heavy (non-hydrogen) atoms. The van der Waals surface area contributed by atoms with Crippen molar-refractivity contribution in [2.75, 3.05) is 19.8 Å². The Labute approximate surface area is 345 Å². The lowest BCUT2D eigenvalue weighted by atomic mass is 9.29. The molecule has 0 unspecified atom stereocenters. The van der Waals surface area contributed by atoms with Gasteiger partial charge in [-0.05, 0) is 157 Å². The van der Waals surface area contributed by atoms with Gasteiger partial charge in [0.1, 0.15) is 6.10 Å². The molecule has 7 heteroatoms. The Hall–Kier alpha value is -2.31. The number of fused-ring (bicyclic) bond motifs is 6. The highest BCUT2D eigenvalue weighted by atomic mass is 16.5. The van der Waals surface area contributed by atoms with Crippen LogP contribution in [0.3, 0.4) is 0 Å². The first-order chi connectivity index (χ1) is 27.7. The minimum atomic E-state index is -1.14. The zero-order chi connectivity index (χ0) is 40.7. The highest BCUT2D eigenvalue weighted by Crippen LogP contribution is 2.82. The monoisotopic (exact) mass is 792 g/mol. The number of hydrogen-bond acceptors (Lipinski definition) is 7. The topological polar surface area (TPSA) is 127 Å². The third-order valence-corrected chi connectivity index (χ3v) is 20.3. The van der Waals surface area contributed by atoms with E-state index in [1.165, 1.54) is 16.4 Å². The first kappa shape index (κ1) is 39.8. The van der Waals surface area contributed by atoms with Crippen LogP contribution in [0.5, 0.6) is 0 Å². The first-order valence-corrected chi connectivity index (χ1v) is 23.2. The Morgan fingerprint density at radius 1 is 0.931 bits per heavy atom. The average molecular weight is 793 g/mol. The van der Waals surface area contributed by atoms with E-state index < -0.39 is 64.0 Å². The highest BCUT2D eigenvalue weighted by molar-refractivity contribution is 5.96. The van der Waals surface area contributed by atoms with Gasteiger partial charge in [-0.25, -0.2) is 0 Å². The number of benzene rings is 1. The van der Waals surface area contributed by atoms with Crippen molar-refractivity contribution in [2.45, 2.75) is 148 Å². The maximum Gasteiger partial charge on any atom is 0.159 e. The van der Waals surface area contributed by atoms with Gasteiger partial charge in [0.25, 0.3) is 0 Å². The second-order valence-electron chi connectivity index (χ2n) is 21.9. The van der Waals surface area contributed by atoms with Gasteiger partial charge in [0, 0.05) is 29.8 Å². The molecule has 1 aromatic rings. The summed E-state index contributed by atoms with van der Waals surface area (Å²) in [6, 6.07) is 8.63. The van der Waals surface area contributed by atoms with Crippen molar-refractivity contribution in [1.82, 2.24) is 0 Å². The molecule has 10 aliphatic carbocycles. The largest absolute Gasteiger partial charge is 0.394 e. The Bertz CT molecular complexity index is 2080. The van der Waals surface area contributed by atoms with Crippen LogP contribution in [0.25, 0.3) is 11.6 Å². The third kappa shape index (κ3) is 4.72. The van der Waals surface area contributed by atoms with Crippen LogP contribution in [0.2, 0.25) is 0 Å². The fraction of sp³-hybridized carbons (Fsp3) is 0.745. The van der Waals surface area contributed by atoms with Crippen molar-refractivity contribution >= 4 is 17.4 Å². The van der Waals surface area contributed by atoms with E-state index >= 15 is 4.79 Å². The van der Waals surface area contributed by atoms with Crippen LogP contribution in [0.4, 0.5) is 0 Å². The quantitative estimate of drug-likeness (QED) is 0.246. The van der Waals surface area contributed by atoms with Gasteiger partial charge in [-0.15, -0.1) is 5.92 Å². The summed E-state index contributed by atoms with van der Waals surface area (Å²) in [5, 5.41) is 62.9. The Morgan fingerprint density at radius 3 is 2.45 bits per heavy atom. The van der Waals surface area contributed by atoms with Crippen molar-refractivity contribution in [1.29, 1.82) is 0 Å². The van der Waals surface area contributed by atoms with Gasteiger partial charge in [-0.2, -0.15) is 0 Å². The second-order valence-corrected chi connectivity index (χ2v) is 21.9. The Balaban J connectivity index is 1.23. The summed E-state index contributed by atoms with van der Waals surface area (Å²) < 4.78 is 6.31. The van der Waals surface area contributed by atoms with E-state index in [1.54, 1.807) is 0 Å². The van der Waals surface area contributed by atoms with Crippen LogP contribution in [0.1, 0.15) is 124 Å². The minimum Gasteiger partial charge on any atom is -0.394 e. The number of ether oxygens (including phenoxy) is 1. The molecule has 1 aromatic carbocycles. The lowest BCUT2D eigenvalue weighted by Gasteiger charge is -2.75. The van der Waals surface area contributed by atoms with Gasteiger partial charge in [-0.1, -0.05) is 75.4 Å². The number of rotatable bonds is 5. The summed E-state index contributed by atoms with van der Waals surface area (Å²) in [6.45, 7) is 9.53. The zero-order valence-corrected chi connectivity index (χ0v) is 35.4. The summed E-state index contributed by atoms with van der Waals surface area (Å²) in [6.07, 6.45) is 13.2. The molecule has 11 rings (SSSR count). The Morgan fingerprint density at radius 2 is 1.69 bits per heavy atom. The van der Waals surface area contributed by atoms with Gasteiger partial charge >= 0.3 is 0 Å². The van der Waals surface area contributed by atoms with E-state index in [0.29, 0.717) is 32.5 Å². The maximum absolute atomic E-state index is 16.1. The number of aliphatic hydroxyl groups excluding tert-OH is 5. The van der Waals surface area contributed by atoms with Crippen LogP contribution in [-0.2, 0) is 9.53 Å². The molecule has 15 atom stereocenters. The molecule has 3 spiro atoms. The van der Waals surface area contributed by atoms with Crippen molar-refractivity contribution in [3.8, 4) is 11.8 Å². The molecule has 0 radical (unpaired) electrons. The van der Waals surface area contributed by atoms with E-state index in [1.807, 2.05) is 13.8 Å². The van der Waals surface area contributed by atoms with E-state index in [4.69, 9.17) is 4.74 Å². The fourth-order valence-electron chi connectivity index (χ4n) is 18.2. The van der Waals surface area contributed by atoms with Crippen molar-refractivity contribution in [3.05, 3.63) is 46.4 Å². The summed E-state index contributed by atoms with van der Waals surface area (Å²) >= 11 is 0. The van der Waals surface area contributed by atoms with E-state index in [0.717, 1.165) is 82.3 Å². The predicted molar refractivity (Wildman–Crippen MR) is 223 cm³/mol. The van der Waals surface area contributed by atoms with E-state index in [9.17, 15) is 25.5 Å². The van der Waals surface area contributed by atoms with Crippen LogP contribution < -0.4 is 10.4 Å². The number of hydrogen-bond donors (Lipinski definition) is 5. The predicted octanol–water partition coefficient (Wildman–Crippen LogP) is 5.61. The molecule has 0 heterocycles. The molecular weight excluding hydrogens is 725 g/mol. The standard InChI is InChI=1S/C51H68O7/c1-5-58-29-34-32-13-7-6-12-31(32)24-35-33(34)15-21-49-22-16-39-47(4,43(57)28-52)40(54)17-23-50(35,39)44(49)38(53)25-36-37-26-45(2)18-9-8-14-41(55)51(37,42(56)27-46(36,49)3)48(30-45)19-10-11-20-48/h6-7,12-13,24-25,33,35,37,39-44,52,54-57H,5,9-11,15-23,26-30H2,1-4H3/t33-,35+,37-,39-,40+,41+,42+,43-,44+,45-,46-,47+,49-,50-,51-/m1/s1. The highest BCUT2D eigenvalue weighted by Gasteiger charge is 2.79. The molecule has 4 bridgehead atoms. The number of carbonyl (C=O) groups is 1. The Kier molecular flexibility index (Phi) is 9.16. The van der Waals surface area contributed by atoms with Crippen molar-refractivity contribution in [3.63, 3.8) is 0 Å². The lowest BCUT2D eigenvalue weighted by molar-refractivity contribution is -0.266. The number of ketones is 1. The fourth-order valence-corrected chi connectivity index (χ4v) is 18.2. The molecule has 0 aliphatic heterocycles. The summed E-state index contributed by atoms with van der Waals surface area (Å²) in [5.41, 5.74) is -1.31. The zero-order valence-electron chi connectivity index (χ0n) is 35.4. The summed E-state index contributed by atoms with van der Waals surface area (Å²) in [4.78, 5) is 16.1. The molecule has 6 fully saturated rings. The summed E-state index contributed by atoms with van der Waals surface area (Å²) in [5.74, 6) is 6.14. The first-order valence-electron chi connectivity index (χ1n) is 23.2. The molecule has 314 valence electrons.